The average molecular weight is 578 g/mol. The molecular formula is C26H35N5O8S. The molecule has 0 amide bonds. The zero-order chi connectivity index (χ0) is 29.9. The lowest BCUT2D eigenvalue weighted by atomic mass is 9.93. The molecule has 0 saturated carbocycles. The molecule has 0 saturated heterocycles. The van der Waals surface area contributed by atoms with Crippen molar-refractivity contribution in [3.8, 4) is 11.3 Å². The maximum Gasteiger partial charge on any atom is 0.422 e. The highest BCUT2D eigenvalue weighted by Gasteiger charge is 2.26. The Hall–Kier alpha value is -3.94. The number of aromatic nitrogens is 4. The third-order valence-electron chi connectivity index (χ3n) is 5.78. The number of nitrogens with one attached hydrogen (secondary N) is 1. The van der Waals surface area contributed by atoms with Crippen LogP contribution in [0.15, 0.2) is 34.0 Å². The fraction of sp³-hybridized carbons (Fsp3) is 0.500. The Morgan fingerprint density at radius 3 is 2.17 bits per heavy atom. The average Bonchev–Trinajstić information content (AvgIpc) is 3.28. The summed E-state index contributed by atoms with van der Waals surface area (Å²) in [6.45, 7) is 11.0. The first kappa shape index (κ1) is 30.6. The molecular weight excluding hydrogens is 542 g/mol. The molecule has 2 aromatic heterocycles. The number of fused-ring (bicyclic) bond motifs is 1. The number of esters is 1. The maximum absolute atomic E-state index is 13.6. The fourth-order valence-corrected chi connectivity index (χ4v) is 4.79. The van der Waals surface area contributed by atoms with Crippen molar-refractivity contribution in [3.05, 3.63) is 50.8 Å². The van der Waals surface area contributed by atoms with Gasteiger partial charge in [-0.3, -0.25) is 14.3 Å². The summed E-state index contributed by atoms with van der Waals surface area (Å²) in [7, 11) is -2.87. The van der Waals surface area contributed by atoms with Gasteiger partial charge in [-0.15, -0.1) is 0 Å². The Labute approximate surface area is 231 Å². The van der Waals surface area contributed by atoms with E-state index in [9.17, 15) is 27.6 Å². The molecule has 40 heavy (non-hydrogen) atoms. The van der Waals surface area contributed by atoms with Crippen molar-refractivity contribution < 1.29 is 27.5 Å². The van der Waals surface area contributed by atoms with Crippen molar-refractivity contribution in [2.45, 2.75) is 47.5 Å². The molecule has 0 atom stereocenters. The summed E-state index contributed by atoms with van der Waals surface area (Å²) >= 11 is 0. The second kappa shape index (κ2) is 12.1. The largest absolute Gasteiger partial charge is 0.465 e. The van der Waals surface area contributed by atoms with Gasteiger partial charge in [0.15, 0.2) is 5.75 Å². The van der Waals surface area contributed by atoms with Crippen LogP contribution in [0.25, 0.3) is 22.2 Å². The van der Waals surface area contributed by atoms with E-state index in [0.717, 1.165) is 0 Å². The van der Waals surface area contributed by atoms with Crippen LogP contribution in [0.1, 0.15) is 53.0 Å². The summed E-state index contributed by atoms with van der Waals surface area (Å²) in [5, 5.41) is 4.05. The molecule has 218 valence electrons. The van der Waals surface area contributed by atoms with Crippen LogP contribution in [0, 0.1) is 11.8 Å². The molecule has 0 bridgehead atoms. The number of ether oxygens (including phenoxy) is 2. The highest BCUT2D eigenvalue weighted by Crippen LogP contribution is 2.32. The first-order valence-corrected chi connectivity index (χ1v) is 14.5. The number of rotatable bonds is 10. The summed E-state index contributed by atoms with van der Waals surface area (Å²) in [6.07, 6.45) is 0.495. The summed E-state index contributed by atoms with van der Waals surface area (Å²) in [5.74, 6) is -2.39. The summed E-state index contributed by atoms with van der Waals surface area (Å²) in [4.78, 5) is 54.1. The predicted molar refractivity (Wildman–Crippen MR) is 149 cm³/mol. The molecule has 14 heteroatoms. The van der Waals surface area contributed by atoms with Gasteiger partial charge in [0, 0.05) is 18.8 Å². The van der Waals surface area contributed by atoms with Crippen molar-refractivity contribution >= 4 is 33.0 Å². The van der Waals surface area contributed by atoms with Crippen LogP contribution in [0.5, 0.6) is 0 Å². The number of nitrogens with zero attached hydrogens (tertiary/aromatic N) is 4. The molecule has 3 rings (SSSR count). The number of sulfonamides is 1. The predicted octanol–water partition coefficient (Wildman–Crippen LogP) is 2.40. The molecule has 0 aliphatic carbocycles. The molecule has 0 aliphatic rings. The number of hydrogen-bond acceptors (Lipinski definition) is 9. The molecule has 0 aliphatic heterocycles. The van der Waals surface area contributed by atoms with Crippen molar-refractivity contribution in [2.24, 2.45) is 18.9 Å². The molecule has 2 heterocycles. The number of carbonyl (C=O) groups excluding carboxylic acids is 2. The standard InChI is InChI=1S/C26H35N5O8S/c1-15(2)12-38-23(32)14-40(36,37)28-31-24(33)20-10-19(21-8-9-27-29(21)7)18(17(5)6)11-22(20)30(25(31)34)26(35)39-13-16(3)4/h8-11,15-17,28H,12-14H2,1-7H3. The van der Waals surface area contributed by atoms with Gasteiger partial charge in [-0.05, 0) is 41.5 Å². The van der Waals surface area contributed by atoms with Gasteiger partial charge >= 0.3 is 17.8 Å². The summed E-state index contributed by atoms with van der Waals surface area (Å²) < 4.78 is 38.2. The van der Waals surface area contributed by atoms with E-state index in [1.807, 2.05) is 18.7 Å². The van der Waals surface area contributed by atoms with Crippen molar-refractivity contribution in [2.75, 3.05) is 23.8 Å². The van der Waals surface area contributed by atoms with E-state index in [1.165, 1.54) is 6.07 Å². The quantitative estimate of drug-likeness (QED) is 0.357. The molecule has 0 unspecified atom stereocenters. The van der Waals surface area contributed by atoms with Gasteiger partial charge < -0.3 is 9.47 Å². The molecule has 0 radical (unpaired) electrons. The van der Waals surface area contributed by atoms with E-state index in [0.29, 0.717) is 21.4 Å². The van der Waals surface area contributed by atoms with E-state index < -0.39 is 39.1 Å². The van der Waals surface area contributed by atoms with Crippen molar-refractivity contribution in [3.63, 3.8) is 0 Å². The number of aryl methyl sites for hydroxylation is 1. The Morgan fingerprint density at radius 2 is 1.62 bits per heavy atom. The molecule has 1 N–H and O–H groups in total. The second-order valence-corrected chi connectivity index (χ2v) is 12.3. The molecule has 3 aromatic rings. The smallest absolute Gasteiger partial charge is 0.422 e. The monoisotopic (exact) mass is 577 g/mol. The van der Waals surface area contributed by atoms with E-state index >= 15 is 0 Å². The number of carbonyl (C=O) groups is 2. The van der Waals surface area contributed by atoms with Gasteiger partial charge in [0.2, 0.25) is 0 Å². The van der Waals surface area contributed by atoms with Crippen LogP contribution in [-0.2, 0) is 31.3 Å². The fourth-order valence-electron chi connectivity index (χ4n) is 3.90. The minimum absolute atomic E-state index is 0.00620. The van der Waals surface area contributed by atoms with Crippen LogP contribution in [0.2, 0.25) is 0 Å². The maximum atomic E-state index is 13.6. The minimum atomic E-state index is -4.59. The van der Waals surface area contributed by atoms with Gasteiger partial charge in [0.05, 0.1) is 29.8 Å². The van der Waals surface area contributed by atoms with E-state index in [-0.39, 0.29) is 46.5 Å². The lowest BCUT2D eigenvalue weighted by Crippen LogP contribution is -2.49. The number of benzene rings is 1. The first-order valence-electron chi connectivity index (χ1n) is 12.8. The second-order valence-electron chi connectivity index (χ2n) is 10.6. The van der Waals surface area contributed by atoms with Gasteiger partial charge in [-0.25, -0.2) is 22.8 Å². The van der Waals surface area contributed by atoms with Gasteiger partial charge in [-0.1, -0.05) is 41.5 Å². The Morgan fingerprint density at radius 1 is 1.00 bits per heavy atom. The van der Waals surface area contributed by atoms with Gasteiger partial charge in [0.1, 0.15) is 0 Å². The Balaban J connectivity index is 2.28. The Bertz CT molecular complexity index is 1650. The minimum Gasteiger partial charge on any atom is -0.465 e. The van der Waals surface area contributed by atoms with Crippen LogP contribution in [0.3, 0.4) is 0 Å². The normalized spacial score (nSPS) is 11.9. The lowest BCUT2D eigenvalue weighted by Gasteiger charge is -2.19. The van der Waals surface area contributed by atoms with Gasteiger partial charge in [-0.2, -0.15) is 14.3 Å². The summed E-state index contributed by atoms with van der Waals surface area (Å²) in [6, 6.07) is 4.77. The topological polar surface area (TPSA) is 161 Å². The highest BCUT2D eigenvalue weighted by atomic mass is 32.2. The molecule has 1 aromatic carbocycles. The van der Waals surface area contributed by atoms with Crippen LogP contribution in [0.4, 0.5) is 4.79 Å². The highest BCUT2D eigenvalue weighted by molar-refractivity contribution is 7.92. The zero-order valence-electron chi connectivity index (χ0n) is 23.6. The zero-order valence-corrected chi connectivity index (χ0v) is 24.4. The van der Waals surface area contributed by atoms with Gasteiger partial charge in [0.25, 0.3) is 15.6 Å². The van der Waals surface area contributed by atoms with E-state index in [1.54, 1.807) is 57.8 Å². The Kier molecular flexibility index (Phi) is 9.23. The van der Waals surface area contributed by atoms with Crippen molar-refractivity contribution in [1.29, 1.82) is 0 Å². The first-order chi connectivity index (χ1) is 18.6. The molecule has 0 fully saturated rings. The van der Waals surface area contributed by atoms with Crippen LogP contribution >= 0.6 is 0 Å². The third kappa shape index (κ3) is 6.79. The summed E-state index contributed by atoms with van der Waals surface area (Å²) in [5.41, 5.74) is -0.409. The van der Waals surface area contributed by atoms with E-state index in [2.05, 4.69) is 5.10 Å². The number of hydrogen-bond donors (Lipinski definition) is 1. The SMILES string of the molecule is CC(C)COC(=O)CS(=O)(=O)Nn1c(=O)c2cc(-c3ccnn3C)c(C(C)C)cc2n(C(=O)OCC(C)C)c1=O. The molecule has 13 nitrogen and oxygen atoms in total. The van der Waals surface area contributed by atoms with E-state index in [4.69, 9.17) is 9.47 Å². The van der Waals surface area contributed by atoms with Crippen molar-refractivity contribution in [1.82, 2.24) is 19.0 Å². The molecule has 0 spiro atoms. The lowest BCUT2D eigenvalue weighted by molar-refractivity contribution is -0.141. The van der Waals surface area contributed by atoms with Crippen LogP contribution < -0.4 is 16.1 Å². The third-order valence-corrected chi connectivity index (χ3v) is 6.86. The van der Waals surface area contributed by atoms with Crippen LogP contribution in [-0.4, -0.2) is 58.5 Å².